The molecule has 0 saturated carbocycles. The summed E-state index contributed by atoms with van der Waals surface area (Å²) < 4.78 is 5.51. The quantitative estimate of drug-likeness (QED) is 0.886. The molecule has 1 N–H and O–H groups in total. The fraction of sp³-hybridized carbons (Fsp3) is 0.529. The molecule has 5 nitrogen and oxygen atoms in total. The highest BCUT2D eigenvalue weighted by Crippen LogP contribution is 2.26. The minimum absolute atomic E-state index is 0.0922. The largest absolute Gasteiger partial charge is 0.376 e. The molecule has 0 unspecified atom stereocenters. The minimum atomic E-state index is -0.437. The Morgan fingerprint density at radius 2 is 2.04 bits per heavy atom. The molecule has 2 aliphatic heterocycles. The highest BCUT2D eigenvalue weighted by atomic mass is 35.5. The van der Waals surface area contributed by atoms with Crippen LogP contribution >= 0.6 is 23.2 Å². The normalized spacial score (nSPS) is 23.5. The van der Waals surface area contributed by atoms with Crippen molar-refractivity contribution in [3.8, 4) is 0 Å². The predicted octanol–water partition coefficient (Wildman–Crippen LogP) is 2.89. The molecule has 2 heterocycles. The van der Waals surface area contributed by atoms with Crippen molar-refractivity contribution in [3.05, 3.63) is 33.8 Å². The number of likely N-dealkylation sites (tertiary alicyclic amines) is 1. The second-order valence-electron chi connectivity index (χ2n) is 6.17. The number of nitrogens with zero attached hydrogens (tertiary/aromatic N) is 1. The third-order valence-corrected chi connectivity index (χ3v) is 5.25. The van der Waals surface area contributed by atoms with E-state index in [4.69, 9.17) is 27.9 Å². The lowest BCUT2D eigenvalue weighted by Gasteiger charge is -2.24. The number of amides is 2. The van der Waals surface area contributed by atoms with Crippen molar-refractivity contribution in [2.75, 3.05) is 19.7 Å². The lowest BCUT2D eigenvalue weighted by Crippen LogP contribution is -2.47. The molecule has 0 bridgehead atoms. The monoisotopic (exact) mass is 370 g/mol. The summed E-state index contributed by atoms with van der Waals surface area (Å²) in [5.74, 6) is -0.306. The van der Waals surface area contributed by atoms with Gasteiger partial charge in [0, 0.05) is 25.3 Å². The summed E-state index contributed by atoms with van der Waals surface area (Å²) in [4.78, 5) is 26.8. The van der Waals surface area contributed by atoms with Crippen LogP contribution in [0.4, 0.5) is 0 Å². The fourth-order valence-electron chi connectivity index (χ4n) is 3.21. The number of halogens is 2. The second kappa shape index (κ2) is 7.72. The van der Waals surface area contributed by atoms with Crippen LogP contribution in [0.5, 0.6) is 0 Å². The van der Waals surface area contributed by atoms with Gasteiger partial charge >= 0.3 is 0 Å². The number of carbonyl (C=O) groups is 2. The molecule has 1 aromatic rings. The number of ether oxygens (including phenoxy) is 1. The maximum absolute atomic E-state index is 12.7. The molecule has 1 aromatic carbocycles. The van der Waals surface area contributed by atoms with Gasteiger partial charge in [0.15, 0.2) is 0 Å². The third kappa shape index (κ3) is 3.85. The van der Waals surface area contributed by atoms with Gasteiger partial charge < -0.3 is 15.0 Å². The third-order valence-electron chi connectivity index (χ3n) is 4.51. The van der Waals surface area contributed by atoms with E-state index in [1.165, 1.54) is 0 Å². The van der Waals surface area contributed by atoms with Crippen molar-refractivity contribution in [2.24, 2.45) is 0 Å². The molecule has 3 rings (SSSR count). The summed E-state index contributed by atoms with van der Waals surface area (Å²) in [6.07, 6.45) is 3.58. The maximum Gasteiger partial charge on any atom is 0.254 e. The molecule has 2 amide bonds. The number of rotatable bonds is 4. The van der Waals surface area contributed by atoms with Crippen molar-refractivity contribution in [2.45, 2.75) is 37.8 Å². The molecule has 2 atom stereocenters. The van der Waals surface area contributed by atoms with Gasteiger partial charge in [-0.2, -0.15) is 0 Å². The average Bonchev–Trinajstić information content (AvgIpc) is 3.26. The molecule has 2 saturated heterocycles. The van der Waals surface area contributed by atoms with Crippen molar-refractivity contribution in [1.29, 1.82) is 0 Å². The highest BCUT2D eigenvalue weighted by Gasteiger charge is 2.35. The molecule has 0 spiro atoms. The van der Waals surface area contributed by atoms with E-state index >= 15 is 0 Å². The summed E-state index contributed by atoms with van der Waals surface area (Å²) in [7, 11) is 0. The van der Waals surface area contributed by atoms with Gasteiger partial charge in [0.05, 0.1) is 16.1 Å². The lowest BCUT2D eigenvalue weighted by atomic mass is 10.1. The Kier molecular flexibility index (Phi) is 5.64. The van der Waals surface area contributed by atoms with E-state index in [-0.39, 0.29) is 17.9 Å². The van der Waals surface area contributed by atoms with Gasteiger partial charge in [0.2, 0.25) is 5.91 Å². The van der Waals surface area contributed by atoms with Gasteiger partial charge in [0.1, 0.15) is 6.04 Å². The van der Waals surface area contributed by atoms with Crippen LogP contribution in [0.2, 0.25) is 10.0 Å². The van der Waals surface area contributed by atoms with Crippen LogP contribution in [0, 0.1) is 0 Å². The van der Waals surface area contributed by atoms with E-state index in [0.717, 1.165) is 25.9 Å². The second-order valence-corrected chi connectivity index (χ2v) is 6.98. The molecule has 0 aromatic heterocycles. The van der Waals surface area contributed by atoms with Crippen LogP contribution in [0.25, 0.3) is 0 Å². The molecule has 0 radical (unpaired) electrons. The van der Waals surface area contributed by atoms with Crippen molar-refractivity contribution < 1.29 is 14.3 Å². The molecule has 2 fully saturated rings. The van der Waals surface area contributed by atoms with Crippen LogP contribution in [-0.4, -0.2) is 48.6 Å². The predicted molar refractivity (Wildman–Crippen MR) is 92.5 cm³/mol. The van der Waals surface area contributed by atoms with Crippen molar-refractivity contribution in [3.63, 3.8) is 0 Å². The van der Waals surface area contributed by atoms with Gasteiger partial charge in [-0.15, -0.1) is 0 Å². The molecule has 130 valence electrons. The molecule has 24 heavy (non-hydrogen) atoms. The number of carbonyl (C=O) groups excluding carboxylic acids is 2. The van der Waals surface area contributed by atoms with E-state index < -0.39 is 6.04 Å². The average molecular weight is 371 g/mol. The topological polar surface area (TPSA) is 58.6 Å². The summed E-state index contributed by atoms with van der Waals surface area (Å²) >= 11 is 11.9. The number of hydrogen-bond donors (Lipinski definition) is 1. The van der Waals surface area contributed by atoms with Gasteiger partial charge in [-0.05, 0) is 43.9 Å². The van der Waals surface area contributed by atoms with Crippen molar-refractivity contribution in [1.82, 2.24) is 10.2 Å². The van der Waals surface area contributed by atoms with E-state index in [0.29, 0.717) is 35.1 Å². The standard InChI is InChI=1S/C17H20Cl2N2O3/c18-13-6-5-11(9-14(13)19)17(23)21-7-1-4-15(21)16(22)20-10-12-3-2-8-24-12/h5-6,9,12,15H,1-4,7-8,10H2,(H,20,22)/t12-,15+/m0/s1. The smallest absolute Gasteiger partial charge is 0.254 e. The van der Waals surface area contributed by atoms with Gasteiger partial charge in [0.25, 0.3) is 5.91 Å². The van der Waals surface area contributed by atoms with Crippen LogP contribution in [0.1, 0.15) is 36.0 Å². The minimum Gasteiger partial charge on any atom is -0.376 e. The summed E-state index contributed by atoms with van der Waals surface area (Å²) in [5, 5.41) is 3.66. The van der Waals surface area contributed by atoms with Crippen LogP contribution in [0.15, 0.2) is 18.2 Å². The van der Waals surface area contributed by atoms with Crippen molar-refractivity contribution >= 4 is 35.0 Å². The van der Waals surface area contributed by atoms with Gasteiger partial charge in [-0.25, -0.2) is 0 Å². The Morgan fingerprint density at radius 3 is 2.75 bits per heavy atom. The van der Waals surface area contributed by atoms with Gasteiger partial charge in [-0.3, -0.25) is 9.59 Å². The van der Waals surface area contributed by atoms with E-state index in [1.807, 2.05) is 0 Å². The van der Waals surface area contributed by atoms with Crippen LogP contribution < -0.4 is 5.32 Å². The first-order valence-corrected chi connectivity index (χ1v) is 8.97. The number of nitrogens with one attached hydrogen (secondary N) is 1. The Balaban J connectivity index is 1.64. The zero-order valence-electron chi connectivity index (χ0n) is 13.3. The fourth-order valence-corrected chi connectivity index (χ4v) is 3.51. The zero-order valence-corrected chi connectivity index (χ0v) is 14.8. The molecular formula is C17H20Cl2N2O3. The molecular weight excluding hydrogens is 351 g/mol. The number of benzene rings is 1. The Morgan fingerprint density at radius 1 is 1.21 bits per heavy atom. The first-order valence-electron chi connectivity index (χ1n) is 8.21. The first kappa shape index (κ1) is 17.5. The summed E-state index contributed by atoms with van der Waals surface area (Å²) in [6.45, 7) is 1.83. The van der Waals surface area contributed by atoms with E-state index in [2.05, 4.69) is 5.32 Å². The number of hydrogen-bond acceptors (Lipinski definition) is 3. The van der Waals surface area contributed by atoms with Crippen LogP contribution in [-0.2, 0) is 9.53 Å². The maximum atomic E-state index is 12.7. The highest BCUT2D eigenvalue weighted by molar-refractivity contribution is 6.42. The first-order chi connectivity index (χ1) is 11.6. The van der Waals surface area contributed by atoms with Gasteiger partial charge in [-0.1, -0.05) is 23.2 Å². The Labute approximate surface area is 151 Å². The Bertz CT molecular complexity index is 632. The lowest BCUT2D eigenvalue weighted by molar-refractivity contribution is -0.125. The summed E-state index contributed by atoms with van der Waals surface area (Å²) in [6, 6.07) is 4.34. The van der Waals surface area contributed by atoms with Crippen LogP contribution in [0.3, 0.4) is 0 Å². The Hall–Kier alpha value is -1.30. The van der Waals surface area contributed by atoms with E-state index in [1.54, 1.807) is 23.1 Å². The molecule has 2 aliphatic rings. The zero-order chi connectivity index (χ0) is 17.1. The summed E-state index contributed by atoms with van der Waals surface area (Å²) in [5.41, 5.74) is 0.447. The molecule has 0 aliphatic carbocycles. The SMILES string of the molecule is O=C(NC[C@@H]1CCCO1)[C@H]1CCCN1C(=O)c1ccc(Cl)c(Cl)c1. The molecule has 7 heteroatoms. The van der Waals surface area contributed by atoms with E-state index in [9.17, 15) is 9.59 Å².